The van der Waals surface area contributed by atoms with Gasteiger partial charge >= 0.3 is 0 Å². The number of nitrogens with one attached hydrogen (secondary N) is 1. The lowest BCUT2D eigenvalue weighted by atomic mass is 10.1. The van der Waals surface area contributed by atoms with Crippen molar-refractivity contribution in [2.75, 3.05) is 36.5 Å². The van der Waals surface area contributed by atoms with Gasteiger partial charge in [-0.1, -0.05) is 24.6 Å². The molecule has 1 N–H and O–H groups in total. The molecular weight excluding hydrogens is 454 g/mol. The van der Waals surface area contributed by atoms with Crippen molar-refractivity contribution in [1.29, 1.82) is 0 Å². The quantitative estimate of drug-likeness (QED) is 0.656. The van der Waals surface area contributed by atoms with Crippen LogP contribution in [0.1, 0.15) is 47.7 Å². The van der Waals surface area contributed by atoms with Crippen LogP contribution in [0.25, 0.3) is 0 Å². The number of amides is 1. The van der Waals surface area contributed by atoms with Gasteiger partial charge in [-0.2, -0.15) is 16.1 Å². The fourth-order valence-corrected chi connectivity index (χ4v) is 7.26. The van der Waals surface area contributed by atoms with Gasteiger partial charge in [-0.05, 0) is 62.1 Å². The van der Waals surface area contributed by atoms with Gasteiger partial charge in [0.15, 0.2) is 0 Å². The maximum Gasteiger partial charge on any atom is 0.255 e. The third-order valence-corrected chi connectivity index (χ3v) is 9.45. The number of nitrogens with zero attached hydrogens (tertiary/aromatic N) is 2. The highest BCUT2D eigenvalue weighted by atomic mass is 32.2. The topological polar surface area (TPSA) is 69.7 Å². The Morgan fingerprint density at radius 3 is 2.61 bits per heavy atom. The smallest absolute Gasteiger partial charge is 0.255 e. The van der Waals surface area contributed by atoms with Gasteiger partial charge in [0.05, 0.1) is 4.90 Å². The lowest BCUT2D eigenvalue weighted by molar-refractivity contribution is 0.102. The van der Waals surface area contributed by atoms with Crippen molar-refractivity contribution >= 4 is 33.4 Å². The number of sulfonamides is 1. The van der Waals surface area contributed by atoms with E-state index in [4.69, 9.17) is 0 Å². The predicted molar refractivity (Wildman–Crippen MR) is 135 cm³/mol. The average molecular weight is 488 g/mol. The van der Waals surface area contributed by atoms with Crippen LogP contribution in [0, 0.1) is 6.92 Å². The molecule has 2 aromatic rings. The van der Waals surface area contributed by atoms with Crippen LogP contribution in [0.15, 0.2) is 47.4 Å². The zero-order valence-electron chi connectivity index (χ0n) is 19.4. The Morgan fingerprint density at radius 1 is 1.09 bits per heavy atom. The molecule has 2 aliphatic rings. The SMILES string of the molecule is Cc1cc(CN2CCSCC2)ccc1NC(=O)c1cccc(S(=O)(=O)N2CCCCC2C)c1. The highest BCUT2D eigenvalue weighted by Crippen LogP contribution is 2.26. The number of benzene rings is 2. The van der Waals surface area contributed by atoms with Gasteiger partial charge in [0.25, 0.3) is 5.91 Å². The van der Waals surface area contributed by atoms with E-state index in [1.165, 1.54) is 23.1 Å². The molecule has 2 fully saturated rings. The number of anilines is 1. The molecule has 6 nitrogen and oxygen atoms in total. The minimum atomic E-state index is -3.62. The number of carbonyl (C=O) groups excluding carboxylic acids is 1. The summed E-state index contributed by atoms with van der Waals surface area (Å²) in [6, 6.07) is 12.5. The lowest BCUT2D eigenvalue weighted by Gasteiger charge is -2.32. The Hall–Kier alpha value is -1.87. The van der Waals surface area contributed by atoms with E-state index in [9.17, 15) is 13.2 Å². The molecule has 4 rings (SSSR count). The molecule has 0 aromatic heterocycles. The van der Waals surface area contributed by atoms with Gasteiger partial charge in [0.1, 0.15) is 0 Å². The van der Waals surface area contributed by atoms with Crippen molar-refractivity contribution in [3.05, 3.63) is 59.2 Å². The fraction of sp³-hybridized carbons (Fsp3) is 0.480. The summed E-state index contributed by atoms with van der Waals surface area (Å²) < 4.78 is 27.9. The van der Waals surface area contributed by atoms with Gasteiger partial charge in [-0.15, -0.1) is 0 Å². The number of thioether (sulfide) groups is 1. The molecule has 2 saturated heterocycles. The standard InChI is InChI=1S/C25H33N3O3S2/c1-19-16-21(18-27-12-14-32-15-13-27)9-10-24(19)26-25(29)22-7-5-8-23(17-22)33(30,31)28-11-4-3-6-20(28)2/h5,7-10,16-17,20H,3-4,6,11-15,18H2,1-2H3,(H,26,29). The second-order valence-corrected chi connectivity index (χ2v) is 12.1. The molecule has 1 amide bonds. The molecule has 0 aliphatic carbocycles. The Bertz CT molecular complexity index is 1100. The van der Waals surface area contributed by atoms with Crippen LogP contribution < -0.4 is 5.32 Å². The lowest BCUT2D eigenvalue weighted by Crippen LogP contribution is -2.41. The van der Waals surface area contributed by atoms with Crippen LogP contribution in [0.5, 0.6) is 0 Å². The summed E-state index contributed by atoms with van der Waals surface area (Å²) in [4.78, 5) is 15.6. The van der Waals surface area contributed by atoms with E-state index in [0.29, 0.717) is 12.1 Å². The molecular formula is C25H33N3O3S2. The molecule has 1 unspecified atom stereocenters. The summed E-state index contributed by atoms with van der Waals surface area (Å²) >= 11 is 2.00. The first-order chi connectivity index (χ1) is 15.8. The molecule has 2 aliphatic heterocycles. The number of piperidine rings is 1. The van der Waals surface area contributed by atoms with Crippen LogP contribution >= 0.6 is 11.8 Å². The fourth-order valence-electron chi connectivity index (χ4n) is 4.54. The second kappa shape index (κ2) is 10.6. The summed E-state index contributed by atoms with van der Waals surface area (Å²) in [5, 5.41) is 2.96. The minimum absolute atomic E-state index is 0.0221. The Labute approximate surface area is 201 Å². The number of rotatable bonds is 6. The largest absolute Gasteiger partial charge is 0.322 e. The number of hydrogen-bond donors (Lipinski definition) is 1. The maximum absolute atomic E-state index is 13.2. The first-order valence-electron chi connectivity index (χ1n) is 11.7. The van der Waals surface area contributed by atoms with E-state index >= 15 is 0 Å². The van der Waals surface area contributed by atoms with E-state index in [1.807, 2.05) is 31.7 Å². The summed E-state index contributed by atoms with van der Waals surface area (Å²) in [5.74, 6) is 2.06. The molecule has 0 spiro atoms. The first kappa shape index (κ1) is 24.3. The van der Waals surface area contributed by atoms with E-state index in [1.54, 1.807) is 22.5 Å². The Morgan fingerprint density at radius 2 is 1.88 bits per heavy atom. The van der Waals surface area contributed by atoms with Gasteiger partial charge in [0.2, 0.25) is 10.0 Å². The zero-order chi connectivity index (χ0) is 23.4. The van der Waals surface area contributed by atoms with Gasteiger partial charge in [0, 0.05) is 55.0 Å². The molecule has 2 heterocycles. The number of aryl methyl sites for hydroxylation is 1. The van der Waals surface area contributed by atoms with Crippen molar-refractivity contribution in [2.45, 2.75) is 50.6 Å². The van der Waals surface area contributed by atoms with Crippen LogP contribution in [0.2, 0.25) is 0 Å². The van der Waals surface area contributed by atoms with Crippen molar-refractivity contribution in [3.63, 3.8) is 0 Å². The molecule has 8 heteroatoms. The first-order valence-corrected chi connectivity index (χ1v) is 14.3. The Kier molecular flexibility index (Phi) is 7.79. The molecule has 2 aromatic carbocycles. The van der Waals surface area contributed by atoms with E-state index in [-0.39, 0.29) is 16.8 Å². The predicted octanol–water partition coefficient (Wildman–Crippen LogP) is 4.36. The molecule has 0 bridgehead atoms. The second-order valence-electron chi connectivity index (χ2n) is 8.98. The van der Waals surface area contributed by atoms with E-state index < -0.39 is 10.0 Å². The third kappa shape index (κ3) is 5.80. The van der Waals surface area contributed by atoms with Crippen LogP contribution in [-0.2, 0) is 16.6 Å². The maximum atomic E-state index is 13.2. The zero-order valence-corrected chi connectivity index (χ0v) is 21.1. The highest BCUT2D eigenvalue weighted by molar-refractivity contribution is 7.99. The molecule has 0 saturated carbocycles. The molecule has 33 heavy (non-hydrogen) atoms. The van der Waals surface area contributed by atoms with Crippen molar-refractivity contribution in [3.8, 4) is 0 Å². The van der Waals surface area contributed by atoms with Gasteiger partial charge < -0.3 is 5.32 Å². The normalized spacial score (nSPS) is 20.5. The molecule has 0 radical (unpaired) electrons. The summed E-state index contributed by atoms with van der Waals surface area (Å²) in [7, 11) is -3.62. The van der Waals surface area contributed by atoms with Crippen LogP contribution in [-0.4, -0.2) is 60.7 Å². The summed E-state index contributed by atoms with van der Waals surface area (Å²) in [6.07, 6.45) is 2.78. The van der Waals surface area contributed by atoms with Gasteiger partial charge in [-0.3, -0.25) is 9.69 Å². The number of hydrogen-bond acceptors (Lipinski definition) is 5. The van der Waals surface area contributed by atoms with Crippen molar-refractivity contribution < 1.29 is 13.2 Å². The van der Waals surface area contributed by atoms with E-state index in [2.05, 4.69) is 22.3 Å². The van der Waals surface area contributed by atoms with Crippen molar-refractivity contribution in [2.24, 2.45) is 0 Å². The van der Waals surface area contributed by atoms with Crippen LogP contribution in [0.3, 0.4) is 0 Å². The highest BCUT2D eigenvalue weighted by Gasteiger charge is 2.31. The summed E-state index contributed by atoms with van der Waals surface area (Å²) in [5.41, 5.74) is 3.32. The number of carbonyl (C=O) groups is 1. The van der Waals surface area contributed by atoms with E-state index in [0.717, 1.165) is 50.1 Å². The third-order valence-electron chi connectivity index (χ3n) is 6.49. The minimum Gasteiger partial charge on any atom is -0.322 e. The molecule has 1 atom stereocenters. The summed E-state index contributed by atoms with van der Waals surface area (Å²) in [6.45, 7) is 7.61. The monoisotopic (exact) mass is 487 g/mol. The van der Waals surface area contributed by atoms with Gasteiger partial charge in [-0.25, -0.2) is 8.42 Å². The molecule has 178 valence electrons. The average Bonchev–Trinajstić information content (AvgIpc) is 2.82. The van der Waals surface area contributed by atoms with Crippen LogP contribution in [0.4, 0.5) is 5.69 Å². The Balaban J connectivity index is 1.46. The van der Waals surface area contributed by atoms with Crippen molar-refractivity contribution in [1.82, 2.24) is 9.21 Å².